The van der Waals surface area contributed by atoms with Gasteiger partial charge in [-0.2, -0.15) is 0 Å². The third kappa shape index (κ3) is 5.54. The fourth-order valence-corrected chi connectivity index (χ4v) is 3.04. The summed E-state index contributed by atoms with van der Waals surface area (Å²) in [4.78, 5) is 18.4. The molecule has 0 aliphatic carbocycles. The van der Waals surface area contributed by atoms with Crippen molar-refractivity contribution < 1.29 is 14.3 Å². The van der Waals surface area contributed by atoms with Gasteiger partial charge in [0.1, 0.15) is 5.82 Å². The fraction of sp³-hybridized carbons (Fsp3) is 0.611. The maximum atomic E-state index is 13.7. The number of hydrogen-bond donors (Lipinski definition) is 1. The predicted molar refractivity (Wildman–Crippen MR) is 92.1 cm³/mol. The van der Waals surface area contributed by atoms with Gasteiger partial charge in [0.15, 0.2) is 0 Å². The quantitative estimate of drug-likeness (QED) is 0.774. The van der Waals surface area contributed by atoms with E-state index in [-0.39, 0.29) is 18.3 Å². The minimum Gasteiger partial charge on any atom is -0.395 e. The average Bonchev–Trinajstić information content (AvgIpc) is 2.58. The number of hydrogen-bond acceptors (Lipinski definition) is 4. The first kappa shape index (κ1) is 18.8. The highest BCUT2D eigenvalue weighted by atomic mass is 19.1. The molecule has 24 heavy (non-hydrogen) atoms. The van der Waals surface area contributed by atoms with Crippen LogP contribution in [0.1, 0.15) is 18.9 Å². The number of carbonyl (C=O) groups excluding carboxylic acids is 1. The van der Waals surface area contributed by atoms with Crippen LogP contribution in [0.15, 0.2) is 24.3 Å². The molecule has 1 N–H and O–H groups in total. The lowest BCUT2D eigenvalue weighted by molar-refractivity contribution is -0.134. The van der Waals surface area contributed by atoms with Gasteiger partial charge in [-0.3, -0.25) is 14.6 Å². The summed E-state index contributed by atoms with van der Waals surface area (Å²) in [6.45, 7) is 7.30. The first-order valence-corrected chi connectivity index (χ1v) is 8.70. The van der Waals surface area contributed by atoms with E-state index < -0.39 is 0 Å². The van der Waals surface area contributed by atoms with E-state index >= 15 is 0 Å². The summed E-state index contributed by atoms with van der Waals surface area (Å²) in [7, 11) is 0. The Hall–Kier alpha value is -1.50. The van der Waals surface area contributed by atoms with Crippen molar-refractivity contribution in [3.8, 4) is 0 Å². The SMILES string of the molecule is CCCN(CCO)CC(=O)N1CCN(Cc2ccccc2F)CC1. The zero-order valence-corrected chi connectivity index (χ0v) is 14.5. The normalized spacial score (nSPS) is 15.9. The van der Waals surface area contributed by atoms with E-state index in [0.717, 1.165) is 26.1 Å². The Bertz CT molecular complexity index is 513. The van der Waals surface area contributed by atoms with Crippen molar-refractivity contribution in [3.05, 3.63) is 35.6 Å². The Morgan fingerprint density at radius 2 is 1.92 bits per heavy atom. The van der Waals surface area contributed by atoms with Crippen molar-refractivity contribution in [3.63, 3.8) is 0 Å². The van der Waals surface area contributed by atoms with E-state index in [1.165, 1.54) is 6.07 Å². The van der Waals surface area contributed by atoms with Gasteiger partial charge in [-0.1, -0.05) is 25.1 Å². The molecule has 1 aromatic carbocycles. The molecule has 0 bridgehead atoms. The second-order valence-electron chi connectivity index (χ2n) is 6.25. The van der Waals surface area contributed by atoms with Gasteiger partial charge in [-0.05, 0) is 19.0 Å². The third-order valence-electron chi connectivity index (χ3n) is 4.39. The summed E-state index contributed by atoms with van der Waals surface area (Å²) in [6.07, 6.45) is 0.962. The van der Waals surface area contributed by atoms with Crippen molar-refractivity contribution in [2.24, 2.45) is 0 Å². The molecule has 5 nitrogen and oxygen atoms in total. The summed E-state index contributed by atoms with van der Waals surface area (Å²) >= 11 is 0. The van der Waals surface area contributed by atoms with Gasteiger partial charge in [0.2, 0.25) is 5.91 Å². The van der Waals surface area contributed by atoms with Crippen LogP contribution in [-0.2, 0) is 11.3 Å². The van der Waals surface area contributed by atoms with E-state index in [0.29, 0.717) is 38.3 Å². The molecule has 0 spiro atoms. The Morgan fingerprint density at radius 1 is 1.21 bits per heavy atom. The van der Waals surface area contributed by atoms with Gasteiger partial charge in [0, 0.05) is 44.8 Å². The van der Waals surface area contributed by atoms with Crippen LogP contribution in [0.25, 0.3) is 0 Å². The number of aliphatic hydroxyl groups is 1. The topological polar surface area (TPSA) is 47.0 Å². The minimum absolute atomic E-state index is 0.0731. The van der Waals surface area contributed by atoms with Crippen LogP contribution in [0.2, 0.25) is 0 Å². The number of nitrogens with zero attached hydrogens (tertiary/aromatic N) is 3. The van der Waals surface area contributed by atoms with Crippen LogP contribution in [0, 0.1) is 5.82 Å². The summed E-state index contributed by atoms with van der Waals surface area (Å²) in [5, 5.41) is 9.08. The van der Waals surface area contributed by atoms with Crippen LogP contribution in [0.3, 0.4) is 0 Å². The van der Waals surface area contributed by atoms with Crippen molar-refractivity contribution in [1.29, 1.82) is 0 Å². The highest BCUT2D eigenvalue weighted by molar-refractivity contribution is 5.78. The number of piperazine rings is 1. The largest absolute Gasteiger partial charge is 0.395 e. The molecular weight excluding hydrogens is 309 g/mol. The van der Waals surface area contributed by atoms with Gasteiger partial charge in [0.25, 0.3) is 0 Å². The molecule has 0 saturated carbocycles. The van der Waals surface area contributed by atoms with E-state index in [1.807, 2.05) is 21.9 Å². The highest BCUT2D eigenvalue weighted by Crippen LogP contribution is 2.12. The van der Waals surface area contributed by atoms with Gasteiger partial charge >= 0.3 is 0 Å². The standard InChI is InChI=1S/C18H28FN3O2/c1-2-7-20(12-13-23)15-18(24)22-10-8-21(9-11-22)14-16-5-3-4-6-17(16)19/h3-6,23H,2,7-15H2,1H3. The molecule has 2 rings (SSSR count). The van der Waals surface area contributed by atoms with Crippen LogP contribution in [-0.4, -0.2) is 78.1 Å². The van der Waals surface area contributed by atoms with Crippen LogP contribution >= 0.6 is 0 Å². The first-order valence-electron chi connectivity index (χ1n) is 8.70. The summed E-state index contributed by atoms with van der Waals surface area (Å²) in [5.41, 5.74) is 0.703. The molecule has 0 unspecified atom stereocenters. The number of aliphatic hydroxyl groups excluding tert-OH is 1. The van der Waals surface area contributed by atoms with Gasteiger partial charge in [0.05, 0.1) is 13.2 Å². The number of carbonyl (C=O) groups is 1. The molecular formula is C18H28FN3O2. The van der Waals surface area contributed by atoms with Gasteiger partial charge < -0.3 is 10.0 Å². The number of halogens is 1. The monoisotopic (exact) mass is 337 g/mol. The molecule has 134 valence electrons. The minimum atomic E-state index is -0.171. The van der Waals surface area contributed by atoms with Crippen LogP contribution < -0.4 is 0 Å². The second-order valence-corrected chi connectivity index (χ2v) is 6.25. The zero-order chi connectivity index (χ0) is 17.4. The lowest BCUT2D eigenvalue weighted by atomic mass is 10.2. The Kier molecular flexibility index (Phi) is 7.62. The van der Waals surface area contributed by atoms with E-state index in [1.54, 1.807) is 6.07 Å². The first-order chi connectivity index (χ1) is 11.6. The smallest absolute Gasteiger partial charge is 0.236 e. The van der Waals surface area contributed by atoms with Gasteiger partial charge in [-0.25, -0.2) is 4.39 Å². The predicted octanol–water partition coefficient (Wildman–Crippen LogP) is 1.17. The maximum absolute atomic E-state index is 13.7. The molecule has 1 amide bonds. The van der Waals surface area contributed by atoms with E-state index in [2.05, 4.69) is 11.8 Å². The van der Waals surface area contributed by atoms with Crippen molar-refractivity contribution in [1.82, 2.24) is 14.7 Å². The van der Waals surface area contributed by atoms with E-state index in [4.69, 9.17) is 5.11 Å². The Labute approximate surface area is 143 Å². The summed E-state index contributed by atoms with van der Waals surface area (Å²) in [5.74, 6) is -0.0577. The lowest BCUT2D eigenvalue weighted by Gasteiger charge is -2.35. The third-order valence-corrected chi connectivity index (χ3v) is 4.39. The van der Waals surface area contributed by atoms with E-state index in [9.17, 15) is 9.18 Å². The Morgan fingerprint density at radius 3 is 2.54 bits per heavy atom. The Balaban J connectivity index is 1.79. The summed E-state index contributed by atoms with van der Waals surface area (Å²) in [6, 6.07) is 6.84. The zero-order valence-electron chi connectivity index (χ0n) is 14.5. The maximum Gasteiger partial charge on any atom is 0.236 e. The van der Waals surface area contributed by atoms with Crippen molar-refractivity contribution in [2.75, 3.05) is 52.4 Å². The number of benzene rings is 1. The highest BCUT2D eigenvalue weighted by Gasteiger charge is 2.22. The number of amides is 1. The van der Waals surface area contributed by atoms with Crippen LogP contribution in [0.4, 0.5) is 4.39 Å². The number of rotatable bonds is 8. The molecule has 0 radical (unpaired) electrons. The molecule has 1 saturated heterocycles. The molecule has 6 heteroatoms. The van der Waals surface area contributed by atoms with Gasteiger partial charge in [-0.15, -0.1) is 0 Å². The molecule has 1 aromatic rings. The molecule has 0 atom stereocenters. The fourth-order valence-electron chi connectivity index (χ4n) is 3.04. The molecule has 1 aliphatic rings. The molecule has 1 heterocycles. The van der Waals surface area contributed by atoms with Crippen molar-refractivity contribution in [2.45, 2.75) is 19.9 Å². The van der Waals surface area contributed by atoms with Crippen molar-refractivity contribution >= 4 is 5.91 Å². The molecule has 1 aliphatic heterocycles. The average molecular weight is 337 g/mol. The lowest BCUT2D eigenvalue weighted by Crippen LogP contribution is -2.51. The molecule has 0 aromatic heterocycles. The summed E-state index contributed by atoms with van der Waals surface area (Å²) < 4.78 is 13.7. The molecule has 1 fully saturated rings. The second kappa shape index (κ2) is 9.71. The van der Waals surface area contributed by atoms with Crippen LogP contribution in [0.5, 0.6) is 0 Å².